The molecule has 7 heteroatoms. The normalized spacial score (nSPS) is 41.8. The summed E-state index contributed by atoms with van der Waals surface area (Å²) in [6.45, 7) is -0.211. The molecular formula is C8H16O6S. The molecule has 0 bridgehead atoms. The van der Waals surface area contributed by atoms with Crippen molar-refractivity contribution < 1.29 is 29.9 Å². The van der Waals surface area contributed by atoms with Gasteiger partial charge in [-0.05, 0) is 0 Å². The van der Waals surface area contributed by atoms with Gasteiger partial charge in [0.05, 0.1) is 13.2 Å². The van der Waals surface area contributed by atoms with Crippen LogP contribution in [0.1, 0.15) is 0 Å². The smallest absolute Gasteiger partial charge is 0.186 e. The molecule has 5 atom stereocenters. The lowest BCUT2D eigenvalue weighted by Gasteiger charge is -2.39. The minimum absolute atomic E-state index is 0.242. The predicted molar refractivity (Wildman–Crippen MR) is 53.6 cm³/mol. The fourth-order valence-electron chi connectivity index (χ4n) is 1.37. The number of aliphatic hydroxyl groups is 4. The van der Waals surface area contributed by atoms with Gasteiger partial charge in [0, 0.05) is 5.75 Å². The zero-order chi connectivity index (χ0) is 11.4. The Morgan fingerprint density at radius 2 is 1.80 bits per heavy atom. The van der Waals surface area contributed by atoms with Crippen molar-refractivity contribution in [3.05, 3.63) is 0 Å². The zero-order valence-corrected chi connectivity index (χ0v) is 8.96. The molecule has 1 fully saturated rings. The van der Waals surface area contributed by atoms with Crippen molar-refractivity contribution in [1.29, 1.82) is 0 Å². The van der Waals surface area contributed by atoms with Crippen molar-refractivity contribution in [2.45, 2.75) is 30.7 Å². The number of ether oxygens (including phenoxy) is 2. The zero-order valence-electron chi connectivity index (χ0n) is 8.06. The molecule has 0 aromatic rings. The van der Waals surface area contributed by atoms with Gasteiger partial charge in [-0.25, -0.2) is 0 Å². The summed E-state index contributed by atoms with van der Waals surface area (Å²) in [5, 5.41) is 37.2. The molecule has 1 rings (SSSR count). The maximum atomic E-state index is 9.48. The van der Waals surface area contributed by atoms with Crippen LogP contribution in [-0.2, 0) is 9.47 Å². The average molecular weight is 240 g/mol. The van der Waals surface area contributed by atoms with E-state index in [9.17, 15) is 15.3 Å². The molecular weight excluding hydrogens is 224 g/mol. The summed E-state index contributed by atoms with van der Waals surface area (Å²) in [6.07, 6.45) is -6.04. The van der Waals surface area contributed by atoms with Gasteiger partial charge in [-0.1, -0.05) is 0 Å². The average Bonchev–Trinajstić information content (AvgIpc) is 2.25. The SMILES string of the molecule is OCC1O[C@H](OCCS)[C@@H](O)[C@H](O)C1O. The van der Waals surface area contributed by atoms with Crippen LogP contribution in [0.5, 0.6) is 0 Å². The first-order chi connectivity index (χ1) is 7.11. The molecule has 0 spiro atoms. The van der Waals surface area contributed by atoms with Crippen LogP contribution >= 0.6 is 12.6 Å². The molecule has 1 saturated heterocycles. The molecule has 4 N–H and O–H groups in total. The van der Waals surface area contributed by atoms with Crippen LogP contribution in [0.25, 0.3) is 0 Å². The van der Waals surface area contributed by atoms with E-state index in [1.165, 1.54) is 0 Å². The van der Waals surface area contributed by atoms with Gasteiger partial charge in [0.1, 0.15) is 24.4 Å². The minimum Gasteiger partial charge on any atom is -0.394 e. The minimum atomic E-state index is -1.39. The Labute approximate surface area is 92.8 Å². The van der Waals surface area contributed by atoms with Crippen molar-refractivity contribution in [2.75, 3.05) is 19.0 Å². The van der Waals surface area contributed by atoms with E-state index >= 15 is 0 Å². The van der Waals surface area contributed by atoms with Gasteiger partial charge in [0.25, 0.3) is 0 Å². The third-order valence-electron chi connectivity index (χ3n) is 2.22. The third kappa shape index (κ3) is 3.04. The topological polar surface area (TPSA) is 99.4 Å². The van der Waals surface area contributed by atoms with E-state index in [-0.39, 0.29) is 6.61 Å². The maximum absolute atomic E-state index is 9.48. The van der Waals surface area contributed by atoms with Crippen LogP contribution in [0, 0.1) is 0 Å². The Kier molecular flexibility index (Phi) is 5.27. The Morgan fingerprint density at radius 1 is 1.13 bits per heavy atom. The number of rotatable bonds is 4. The van der Waals surface area contributed by atoms with Gasteiger partial charge in [0.2, 0.25) is 0 Å². The molecule has 0 aromatic heterocycles. The highest BCUT2D eigenvalue weighted by Crippen LogP contribution is 2.21. The number of hydrogen-bond acceptors (Lipinski definition) is 7. The van der Waals surface area contributed by atoms with Gasteiger partial charge in [-0.3, -0.25) is 0 Å². The first kappa shape index (κ1) is 13.2. The van der Waals surface area contributed by atoms with Crippen molar-refractivity contribution in [1.82, 2.24) is 0 Å². The summed E-state index contributed by atoms with van der Waals surface area (Å²) in [6, 6.07) is 0. The standard InChI is InChI=1S/C8H16O6S/c9-3-4-5(10)6(11)7(12)8(14-4)13-1-2-15/h4-12,15H,1-3H2/t4?,5?,6-,7+,8+/m1/s1. The van der Waals surface area contributed by atoms with Crippen molar-refractivity contribution in [3.63, 3.8) is 0 Å². The highest BCUT2D eigenvalue weighted by atomic mass is 32.1. The lowest BCUT2D eigenvalue weighted by molar-refractivity contribution is -0.299. The lowest BCUT2D eigenvalue weighted by Crippen LogP contribution is -2.59. The molecule has 0 aromatic carbocycles. The molecule has 1 heterocycles. The Hall–Kier alpha value is 0.110. The Bertz CT molecular complexity index is 190. The molecule has 0 aliphatic carbocycles. The molecule has 0 radical (unpaired) electrons. The number of hydrogen-bond donors (Lipinski definition) is 5. The second-order valence-electron chi connectivity index (χ2n) is 3.29. The van der Waals surface area contributed by atoms with E-state index < -0.39 is 37.3 Å². The van der Waals surface area contributed by atoms with E-state index in [1.807, 2.05) is 0 Å². The van der Waals surface area contributed by atoms with E-state index in [4.69, 9.17) is 14.6 Å². The monoisotopic (exact) mass is 240 g/mol. The summed E-state index contributed by atoms with van der Waals surface area (Å²) in [4.78, 5) is 0. The van der Waals surface area contributed by atoms with Crippen LogP contribution in [0.2, 0.25) is 0 Å². The highest BCUT2D eigenvalue weighted by molar-refractivity contribution is 7.80. The quantitative estimate of drug-likeness (QED) is 0.355. The molecule has 90 valence electrons. The fourth-order valence-corrected chi connectivity index (χ4v) is 1.48. The van der Waals surface area contributed by atoms with Crippen molar-refractivity contribution in [3.8, 4) is 0 Å². The molecule has 1 aliphatic heterocycles. The van der Waals surface area contributed by atoms with Crippen molar-refractivity contribution in [2.24, 2.45) is 0 Å². The van der Waals surface area contributed by atoms with Gasteiger partial charge in [-0.15, -0.1) is 0 Å². The molecule has 2 unspecified atom stereocenters. The Balaban J connectivity index is 2.57. The molecule has 6 nitrogen and oxygen atoms in total. The number of aliphatic hydroxyl groups excluding tert-OH is 4. The summed E-state index contributed by atoms with van der Waals surface area (Å²) in [5.74, 6) is 0.440. The van der Waals surface area contributed by atoms with Crippen LogP contribution < -0.4 is 0 Å². The van der Waals surface area contributed by atoms with Gasteiger partial charge < -0.3 is 29.9 Å². The van der Waals surface area contributed by atoms with Gasteiger partial charge in [0.15, 0.2) is 6.29 Å². The third-order valence-corrected chi connectivity index (χ3v) is 2.40. The van der Waals surface area contributed by atoms with E-state index in [0.717, 1.165) is 0 Å². The molecule has 0 amide bonds. The molecule has 1 aliphatic rings. The van der Waals surface area contributed by atoms with E-state index in [2.05, 4.69) is 12.6 Å². The summed E-state index contributed by atoms with van der Waals surface area (Å²) in [5.41, 5.74) is 0. The lowest BCUT2D eigenvalue weighted by atomic mass is 9.99. The molecule has 0 saturated carbocycles. The van der Waals surface area contributed by atoms with Gasteiger partial charge in [-0.2, -0.15) is 12.6 Å². The molecule has 15 heavy (non-hydrogen) atoms. The second-order valence-corrected chi connectivity index (χ2v) is 3.74. The van der Waals surface area contributed by atoms with Crippen LogP contribution in [0.4, 0.5) is 0 Å². The summed E-state index contributed by atoms with van der Waals surface area (Å²) >= 11 is 3.91. The predicted octanol–water partition coefficient (Wildman–Crippen LogP) is -2.27. The van der Waals surface area contributed by atoms with Crippen LogP contribution in [-0.4, -0.2) is 70.1 Å². The number of thiol groups is 1. The van der Waals surface area contributed by atoms with Crippen LogP contribution in [0.15, 0.2) is 0 Å². The highest BCUT2D eigenvalue weighted by Gasteiger charge is 2.43. The van der Waals surface area contributed by atoms with E-state index in [1.54, 1.807) is 0 Å². The van der Waals surface area contributed by atoms with Crippen LogP contribution in [0.3, 0.4) is 0 Å². The van der Waals surface area contributed by atoms with Gasteiger partial charge >= 0.3 is 0 Å². The van der Waals surface area contributed by atoms with E-state index in [0.29, 0.717) is 5.75 Å². The summed E-state index contributed by atoms with van der Waals surface area (Å²) in [7, 11) is 0. The first-order valence-electron chi connectivity index (χ1n) is 4.64. The summed E-state index contributed by atoms with van der Waals surface area (Å²) < 4.78 is 10.1. The second kappa shape index (κ2) is 6.00. The Morgan fingerprint density at radius 3 is 2.33 bits per heavy atom. The van der Waals surface area contributed by atoms with Crippen molar-refractivity contribution >= 4 is 12.6 Å². The largest absolute Gasteiger partial charge is 0.394 e. The fraction of sp³-hybridized carbons (Fsp3) is 1.00. The first-order valence-corrected chi connectivity index (χ1v) is 5.28. The maximum Gasteiger partial charge on any atom is 0.186 e.